The fraction of sp³-hybridized carbons (Fsp3) is 0.163. The fourth-order valence-electron chi connectivity index (χ4n) is 8.27. The van der Waals surface area contributed by atoms with E-state index in [1.165, 1.54) is 66.1 Å². The van der Waals surface area contributed by atoms with E-state index in [4.69, 9.17) is 0 Å². The summed E-state index contributed by atoms with van der Waals surface area (Å²) in [5.41, 5.74) is 14.7. The molecule has 208 valence electrons. The van der Waals surface area contributed by atoms with Gasteiger partial charge in [-0.25, -0.2) is 0 Å². The van der Waals surface area contributed by atoms with Crippen molar-refractivity contribution in [3.63, 3.8) is 0 Å². The van der Waals surface area contributed by atoms with Crippen LogP contribution in [0.15, 0.2) is 145 Å². The molecule has 2 atom stereocenters. The molecule has 0 amide bonds. The molecule has 0 aromatic heterocycles. The molecule has 0 bridgehead atoms. The van der Waals surface area contributed by atoms with E-state index < -0.39 is 0 Å². The summed E-state index contributed by atoms with van der Waals surface area (Å²) in [5.74, 6) is 0.781. The molecule has 0 fully saturated rings. The van der Waals surface area contributed by atoms with Gasteiger partial charge in [0.2, 0.25) is 0 Å². The van der Waals surface area contributed by atoms with Gasteiger partial charge in [-0.1, -0.05) is 158 Å². The lowest BCUT2D eigenvalue weighted by molar-refractivity contribution is 0.620. The van der Waals surface area contributed by atoms with Crippen LogP contribution in [0.3, 0.4) is 0 Å². The van der Waals surface area contributed by atoms with Crippen molar-refractivity contribution in [3.8, 4) is 0 Å². The monoisotopic (exact) mass is 552 g/mol. The molecule has 0 saturated heterocycles. The highest BCUT2D eigenvalue weighted by molar-refractivity contribution is 6.02. The van der Waals surface area contributed by atoms with Crippen LogP contribution >= 0.6 is 0 Å². The van der Waals surface area contributed by atoms with E-state index in [1.54, 1.807) is 11.1 Å². The molecule has 0 aliphatic heterocycles. The van der Waals surface area contributed by atoms with Gasteiger partial charge in [0.15, 0.2) is 0 Å². The normalized spacial score (nSPS) is 17.6. The molecule has 0 heterocycles. The van der Waals surface area contributed by atoms with Gasteiger partial charge in [0.1, 0.15) is 0 Å². The van der Waals surface area contributed by atoms with Crippen LogP contribution in [0.4, 0.5) is 0 Å². The minimum absolute atomic E-state index is 0.390. The lowest BCUT2D eigenvalue weighted by atomic mass is 9.80. The Kier molecular flexibility index (Phi) is 6.37. The quantitative estimate of drug-likeness (QED) is 0.193. The Morgan fingerprint density at radius 2 is 0.767 bits per heavy atom. The SMILES string of the molecule is CCC1=C(c2cccc3ccccc23)c2ccccc2C1CC1C(CC)=C(c2cccc3ccccc23)c2ccccc21. The minimum Gasteiger partial charge on any atom is -0.0619 e. The van der Waals surface area contributed by atoms with Crippen molar-refractivity contribution in [1.82, 2.24) is 0 Å². The molecule has 0 spiro atoms. The minimum atomic E-state index is 0.390. The summed E-state index contributed by atoms with van der Waals surface area (Å²) in [6, 6.07) is 49.8. The van der Waals surface area contributed by atoms with Crippen LogP contribution in [-0.2, 0) is 0 Å². The first-order chi connectivity index (χ1) is 21.3. The van der Waals surface area contributed by atoms with E-state index in [0.29, 0.717) is 11.8 Å². The number of hydrogen-bond acceptors (Lipinski definition) is 0. The standard InChI is InChI=1S/C43H36/c1-3-30-40(34-21-9-11-23-38(34)42(30)36-25-13-17-28-15-5-7-19-32(28)36)27-41-31(4-2)43(39-24-12-10-22-35(39)41)37-26-14-18-29-16-6-8-20-33(29)37/h5-26,40-41H,3-4,27H2,1-2H3. The Morgan fingerprint density at radius 1 is 0.395 bits per heavy atom. The van der Waals surface area contributed by atoms with Crippen LogP contribution in [0.5, 0.6) is 0 Å². The van der Waals surface area contributed by atoms with E-state index in [1.807, 2.05) is 0 Å². The highest BCUT2D eigenvalue weighted by atomic mass is 14.4. The summed E-state index contributed by atoms with van der Waals surface area (Å²) in [6.45, 7) is 4.72. The van der Waals surface area contributed by atoms with Gasteiger partial charge in [-0.3, -0.25) is 0 Å². The molecule has 43 heavy (non-hydrogen) atoms. The van der Waals surface area contributed by atoms with Gasteiger partial charge in [0.05, 0.1) is 0 Å². The van der Waals surface area contributed by atoms with Crippen molar-refractivity contribution in [2.75, 3.05) is 0 Å². The molecule has 0 N–H and O–H groups in total. The lowest BCUT2D eigenvalue weighted by Gasteiger charge is -2.24. The van der Waals surface area contributed by atoms with Crippen molar-refractivity contribution in [2.24, 2.45) is 0 Å². The lowest BCUT2D eigenvalue weighted by Crippen LogP contribution is -2.08. The molecule has 2 aliphatic carbocycles. The molecule has 2 unspecified atom stereocenters. The van der Waals surface area contributed by atoms with Gasteiger partial charge in [-0.05, 0) is 85.3 Å². The van der Waals surface area contributed by atoms with Crippen LogP contribution in [0.25, 0.3) is 32.7 Å². The van der Waals surface area contributed by atoms with E-state index in [0.717, 1.165) is 19.3 Å². The van der Waals surface area contributed by atoms with Gasteiger partial charge < -0.3 is 0 Å². The third-order valence-corrected chi connectivity index (χ3v) is 10.0. The predicted molar refractivity (Wildman–Crippen MR) is 184 cm³/mol. The van der Waals surface area contributed by atoms with E-state index >= 15 is 0 Å². The number of benzene rings is 6. The van der Waals surface area contributed by atoms with Gasteiger partial charge in [-0.15, -0.1) is 0 Å². The third kappa shape index (κ3) is 4.04. The zero-order valence-corrected chi connectivity index (χ0v) is 25.0. The summed E-state index contributed by atoms with van der Waals surface area (Å²) in [7, 11) is 0. The first kappa shape index (κ1) is 26.0. The molecular formula is C43H36. The average Bonchev–Trinajstić information content (AvgIpc) is 3.56. The number of hydrogen-bond donors (Lipinski definition) is 0. The second kappa shape index (κ2) is 10.5. The van der Waals surface area contributed by atoms with Crippen LogP contribution < -0.4 is 0 Å². The smallest absolute Gasteiger partial charge is 0.00725 e. The Balaban J connectivity index is 1.32. The summed E-state index contributed by atoms with van der Waals surface area (Å²) in [5, 5.41) is 5.31. The molecule has 0 saturated carbocycles. The average molecular weight is 553 g/mol. The number of fused-ring (bicyclic) bond motifs is 4. The summed E-state index contributed by atoms with van der Waals surface area (Å²) >= 11 is 0. The molecule has 6 aromatic carbocycles. The first-order valence-corrected chi connectivity index (χ1v) is 15.9. The predicted octanol–water partition coefficient (Wildman–Crippen LogP) is 11.7. The van der Waals surface area contributed by atoms with Gasteiger partial charge >= 0.3 is 0 Å². The zero-order chi connectivity index (χ0) is 28.9. The van der Waals surface area contributed by atoms with Crippen molar-refractivity contribution in [2.45, 2.75) is 44.9 Å². The van der Waals surface area contributed by atoms with Crippen LogP contribution in [0.1, 0.15) is 78.3 Å². The van der Waals surface area contributed by atoms with Gasteiger partial charge in [-0.2, -0.15) is 0 Å². The van der Waals surface area contributed by atoms with Crippen LogP contribution in [0.2, 0.25) is 0 Å². The molecule has 0 radical (unpaired) electrons. The van der Waals surface area contributed by atoms with Crippen LogP contribution in [-0.4, -0.2) is 0 Å². The van der Waals surface area contributed by atoms with Crippen molar-refractivity contribution < 1.29 is 0 Å². The fourth-order valence-corrected chi connectivity index (χ4v) is 8.27. The van der Waals surface area contributed by atoms with Gasteiger partial charge in [0.25, 0.3) is 0 Å². The molecule has 6 aromatic rings. The summed E-state index contributed by atoms with van der Waals surface area (Å²) < 4.78 is 0. The van der Waals surface area contributed by atoms with Crippen molar-refractivity contribution in [1.29, 1.82) is 0 Å². The highest BCUT2D eigenvalue weighted by Crippen LogP contribution is 2.56. The maximum absolute atomic E-state index is 2.40. The number of rotatable bonds is 6. The Morgan fingerprint density at radius 3 is 1.23 bits per heavy atom. The zero-order valence-electron chi connectivity index (χ0n) is 25.0. The van der Waals surface area contributed by atoms with Gasteiger partial charge in [0, 0.05) is 11.8 Å². The first-order valence-electron chi connectivity index (χ1n) is 15.9. The largest absolute Gasteiger partial charge is 0.0619 e. The Labute approximate surface area is 255 Å². The second-order valence-electron chi connectivity index (χ2n) is 12.1. The topological polar surface area (TPSA) is 0 Å². The Hall–Kier alpha value is -4.68. The molecular weight excluding hydrogens is 516 g/mol. The van der Waals surface area contributed by atoms with E-state index in [2.05, 4.69) is 147 Å². The highest BCUT2D eigenvalue weighted by Gasteiger charge is 2.38. The molecule has 0 nitrogen and oxygen atoms in total. The van der Waals surface area contributed by atoms with E-state index in [-0.39, 0.29) is 0 Å². The van der Waals surface area contributed by atoms with Crippen molar-refractivity contribution >= 4 is 32.7 Å². The van der Waals surface area contributed by atoms with Crippen LogP contribution in [0, 0.1) is 0 Å². The third-order valence-electron chi connectivity index (χ3n) is 10.0. The molecule has 2 aliphatic rings. The maximum Gasteiger partial charge on any atom is 0.00725 e. The Bertz CT molecular complexity index is 1920. The van der Waals surface area contributed by atoms with E-state index in [9.17, 15) is 0 Å². The molecule has 0 heteroatoms. The maximum atomic E-state index is 2.40. The summed E-state index contributed by atoms with van der Waals surface area (Å²) in [6.07, 6.45) is 3.20. The molecule has 8 rings (SSSR count). The second-order valence-corrected chi connectivity index (χ2v) is 12.1. The summed E-state index contributed by atoms with van der Waals surface area (Å²) in [4.78, 5) is 0. The van der Waals surface area contributed by atoms with Crippen molar-refractivity contribution in [3.05, 3.63) is 178 Å². The number of allylic oxidation sites excluding steroid dienone is 2.